The molecule has 1 saturated heterocycles. The molecule has 5 rings (SSSR count). The molecule has 0 bridgehead atoms. The first-order chi connectivity index (χ1) is 14.7. The highest BCUT2D eigenvalue weighted by molar-refractivity contribution is 5.72. The van der Waals surface area contributed by atoms with Crippen molar-refractivity contribution in [1.29, 1.82) is 5.26 Å². The van der Waals surface area contributed by atoms with E-state index in [0.29, 0.717) is 35.7 Å². The van der Waals surface area contributed by atoms with Crippen LogP contribution in [0.5, 0.6) is 0 Å². The number of hydrogen-bond acceptors (Lipinski definition) is 4. The van der Waals surface area contributed by atoms with Gasteiger partial charge in [0, 0.05) is 17.7 Å². The van der Waals surface area contributed by atoms with Crippen LogP contribution in [-0.4, -0.2) is 17.1 Å². The van der Waals surface area contributed by atoms with Crippen molar-refractivity contribution < 1.29 is 9.53 Å². The number of pyridine rings is 1. The molecule has 0 spiro atoms. The van der Waals surface area contributed by atoms with Gasteiger partial charge >= 0.3 is 5.97 Å². The van der Waals surface area contributed by atoms with Crippen LogP contribution in [0.2, 0.25) is 0 Å². The molecule has 3 aliphatic rings. The maximum absolute atomic E-state index is 11.9. The van der Waals surface area contributed by atoms with Crippen molar-refractivity contribution in [3.05, 3.63) is 59.9 Å². The number of esters is 1. The molecule has 2 aromatic rings. The second-order valence-electron chi connectivity index (χ2n) is 8.93. The molecule has 2 heterocycles. The summed E-state index contributed by atoms with van der Waals surface area (Å²) in [7, 11) is 0. The molecule has 2 aliphatic carbocycles. The van der Waals surface area contributed by atoms with Crippen LogP contribution in [-0.2, 0) is 9.53 Å². The predicted octanol–water partition coefficient (Wildman–Crippen LogP) is 5.39. The molecule has 0 unspecified atom stereocenters. The Labute approximate surface area is 177 Å². The third-order valence-electron chi connectivity index (χ3n) is 7.27. The Morgan fingerprint density at radius 3 is 2.73 bits per heavy atom. The number of allylic oxidation sites excluding steroid dienone is 1. The van der Waals surface area contributed by atoms with Crippen LogP contribution in [0.25, 0.3) is 17.2 Å². The van der Waals surface area contributed by atoms with Crippen LogP contribution < -0.4 is 0 Å². The summed E-state index contributed by atoms with van der Waals surface area (Å²) in [6.45, 7) is 0. The Kier molecular flexibility index (Phi) is 5.12. The topological polar surface area (TPSA) is 63.0 Å². The molecule has 4 nitrogen and oxygen atoms in total. The monoisotopic (exact) mass is 398 g/mol. The lowest BCUT2D eigenvalue weighted by Gasteiger charge is -2.45. The molecular formula is C26H26N2O2. The first-order valence-electron chi connectivity index (χ1n) is 11.1. The Bertz CT molecular complexity index is 1000. The number of carbonyl (C=O) groups excluding carboxylic acids is 1. The minimum Gasteiger partial charge on any atom is -0.462 e. The first-order valence-corrected chi connectivity index (χ1v) is 11.1. The maximum atomic E-state index is 11.9. The highest BCUT2D eigenvalue weighted by Crippen LogP contribution is 2.51. The summed E-state index contributed by atoms with van der Waals surface area (Å²) < 4.78 is 5.67. The number of rotatable bonds is 3. The Morgan fingerprint density at radius 2 is 1.93 bits per heavy atom. The molecule has 0 N–H and O–H groups in total. The van der Waals surface area contributed by atoms with Gasteiger partial charge in [-0.15, -0.1) is 0 Å². The highest BCUT2D eigenvalue weighted by Gasteiger charge is 2.49. The molecule has 5 atom stereocenters. The molecule has 1 aliphatic heterocycles. The van der Waals surface area contributed by atoms with Gasteiger partial charge in [0.2, 0.25) is 0 Å². The number of nitrogens with zero attached hydrogens (tertiary/aromatic N) is 2. The molecule has 1 aromatic carbocycles. The fourth-order valence-electron chi connectivity index (χ4n) is 5.86. The lowest BCUT2D eigenvalue weighted by molar-refractivity contribution is -0.143. The Balaban J connectivity index is 1.33. The van der Waals surface area contributed by atoms with E-state index in [4.69, 9.17) is 10.00 Å². The minimum atomic E-state index is -0.00308. The molecule has 2 saturated carbocycles. The van der Waals surface area contributed by atoms with Crippen LogP contribution in [0.4, 0.5) is 0 Å². The number of nitriles is 1. The summed E-state index contributed by atoms with van der Waals surface area (Å²) in [6.07, 6.45) is 13.1. The van der Waals surface area contributed by atoms with Crippen LogP contribution in [0.3, 0.4) is 0 Å². The van der Waals surface area contributed by atoms with E-state index in [-0.39, 0.29) is 12.1 Å². The Morgan fingerprint density at radius 1 is 1.07 bits per heavy atom. The van der Waals surface area contributed by atoms with E-state index in [9.17, 15) is 4.79 Å². The second kappa shape index (κ2) is 8.07. The number of aromatic nitrogens is 1. The average Bonchev–Trinajstić information content (AvgIpc) is 3.18. The van der Waals surface area contributed by atoms with Gasteiger partial charge in [-0.3, -0.25) is 9.78 Å². The smallest absolute Gasteiger partial charge is 0.306 e. The molecule has 4 heteroatoms. The van der Waals surface area contributed by atoms with E-state index in [1.54, 1.807) is 0 Å². The standard InChI is InChI=1S/C26H26N2O2/c27-15-17-4-3-5-18(12-17)20-9-11-21(28-16-20)10-8-19-13-25-24(14-26(29)30-25)23-7-2-1-6-22(19)23/h3-5,8-12,16,19,22-25H,1-2,6-7,13-14H2/t19-,22+,23-,24+,25-/m1/s1. The van der Waals surface area contributed by atoms with Gasteiger partial charge in [0.25, 0.3) is 0 Å². The fraction of sp³-hybridized carbons (Fsp3) is 0.423. The molecule has 3 fully saturated rings. The van der Waals surface area contributed by atoms with E-state index in [0.717, 1.165) is 23.2 Å². The quantitative estimate of drug-likeness (QED) is 0.650. The first kappa shape index (κ1) is 19.1. The zero-order valence-electron chi connectivity index (χ0n) is 17.0. The van der Waals surface area contributed by atoms with Gasteiger partial charge in [-0.25, -0.2) is 0 Å². The molecule has 152 valence electrons. The van der Waals surface area contributed by atoms with Crippen LogP contribution in [0.15, 0.2) is 48.7 Å². The zero-order chi connectivity index (χ0) is 20.5. The molecule has 0 radical (unpaired) electrons. The minimum absolute atomic E-state index is 0.00308. The third kappa shape index (κ3) is 3.65. The fourth-order valence-corrected chi connectivity index (χ4v) is 5.86. The average molecular weight is 399 g/mol. The second-order valence-corrected chi connectivity index (χ2v) is 8.93. The predicted molar refractivity (Wildman–Crippen MR) is 115 cm³/mol. The molecule has 30 heavy (non-hydrogen) atoms. The van der Waals surface area contributed by atoms with E-state index in [1.807, 2.05) is 36.5 Å². The van der Waals surface area contributed by atoms with Gasteiger partial charge in [0.1, 0.15) is 6.10 Å². The maximum Gasteiger partial charge on any atom is 0.306 e. The van der Waals surface area contributed by atoms with E-state index in [2.05, 4.69) is 29.3 Å². The van der Waals surface area contributed by atoms with Crippen molar-refractivity contribution in [2.24, 2.45) is 23.7 Å². The number of carbonyl (C=O) groups is 1. The van der Waals surface area contributed by atoms with Gasteiger partial charge in [-0.1, -0.05) is 37.1 Å². The van der Waals surface area contributed by atoms with E-state index < -0.39 is 0 Å². The number of benzene rings is 1. The molecular weight excluding hydrogens is 372 g/mol. The largest absolute Gasteiger partial charge is 0.462 e. The number of fused-ring (bicyclic) bond motifs is 3. The van der Waals surface area contributed by atoms with Gasteiger partial charge < -0.3 is 4.74 Å². The van der Waals surface area contributed by atoms with Crippen molar-refractivity contribution in [3.8, 4) is 17.2 Å². The molecule has 1 aromatic heterocycles. The van der Waals surface area contributed by atoms with Crippen molar-refractivity contribution in [3.63, 3.8) is 0 Å². The third-order valence-corrected chi connectivity index (χ3v) is 7.27. The lowest BCUT2D eigenvalue weighted by Crippen LogP contribution is -2.42. The SMILES string of the molecule is N#Cc1cccc(-c2ccc(C=C[C@@H]3C[C@H]4OC(=O)C[C@H]4[C@@H]4CCCC[C@H]43)nc2)c1. The van der Waals surface area contributed by atoms with Gasteiger partial charge in [0.05, 0.1) is 23.7 Å². The van der Waals surface area contributed by atoms with Crippen molar-refractivity contribution in [2.45, 2.75) is 44.6 Å². The van der Waals surface area contributed by atoms with Gasteiger partial charge in [-0.05, 0) is 66.9 Å². The van der Waals surface area contributed by atoms with Crippen molar-refractivity contribution >= 4 is 12.0 Å². The van der Waals surface area contributed by atoms with E-state index >= 15 is 0 Å². The van der Waals surface area contributed by atoms with Crippen LogP contribution in [0.1, 0.15) is 49.8 Å². The van der Waals surface area contributed by atoms with Crippen LogP contribution in [0, 0.1) is 35.0 Å². The highest BCUT2D eigenvalue weighted by atomic mass is 16.5. The van der Waals surface area contributed by atoms with E-state index in [1.165, 1.54) is 25.7 Å². The summed E-state index contributed by atoms with van der Waals surface area (Å²) in [5.41, 5.74) is 3.60. The summed E-state index contributed by atoms with van der Waals surface area (Å²) in [4.78, 5) is 16.5. The summed E-state index contributed by atoms with van der Waals surface area (Å²) in [5.74, 6) is 2.18. The lowest BCUT2D eigenvalue weighted by atomic mass is 9.60. The van der Waals surface area contributed by atoms with Gasteiger partial charge in [-0.2, -0.15) is 5.26 Å². The summed E-state index contributed by atoms with van der Waals surface area (Å²) in [5, 5.41) is 9.10. The van der Waals surface area contributed by atoms with Crippen LogP contribution >= 0.6 is 0 Å². The van der Waals surface area contributed by atoms with Crippen molar-refractivity contribution in [2.75, 3.05) is 0 Å². The zero-order valence-corrected chi connectivity index (χ0v) is 17.0. The van der Waals surface area contributed by atoms with Gasteiger partial charge in [0.15, 0.2) is 0 Å². The summed E-state index contributed by atoms with van der Waals surface area (Å²) in [6, 6.07) is 13.9. The normalized spacial score (nSPS) is 30.4. The Hall–Kier alpha value is -2.93. The molecule has 0 amide bonds. The summed E-state index contributed by atoms with van der Waals surface area (Å²) >= 11 is 0. The number of hydrogen-bond donors (Lipinski definition) is 0. The van der Waals surface area contributed by atoms with Crippen molar-refractivity contribution in [1.82, 2.24) is 4.98 Å². The number of ether oxygens (including phenoxy) is 1.